The fourth-order valence-corrected chi connectivity index (χ4v) is 4.37. The summed E-state index contributed by atoms with van der Waals surface area (Å²) in [6, 6.07) is 19.3. The maximum absolute atomic E-state index is 13.0. The van der Waals surface area contributed by atoms with E-state index in [0.29, 0.717) is 30.4 Å². The summed E-state index contributed by atoms with van der Waals surface area (Å²) in [5.41, 5.74) is 2.52. The van der Waals surface area contributed by atoms with E-state index in [0.717, 1.165) is 48.8 Å². The molecule has 174 valence electrons. The molecule has 1 aromatic heterocycles. The van der Waals surface area contributed by atoms with E-state index < -0.39 is 0 Å². The number of fused-ring (bicyclic) bond motifs is 1. The molecule has 0 radical (unpaired) electrons. The summed E-state index contributed by atoms with van der Waals surface area (Å²) in [4.78, 5) is 21.7. The van der Waals surface area contributed by atoms with Gasteiger partial charge >= 0.3 is 0 Å². The number of carbonyl (C=O) groups excluding carboxylic acids is 1. The van der Waals surface area contributed by atoms with Crippen molar-refractivity contribution in [2.24, 2.45) is 0 Å². The van der Waals surface area contributed by atoms with Crippen molar-refractivity contribution in [2.45, 2.75) is 19.8 Å². The molecule has 1 N–H and O–H groups in total. The number of aryl methyl sites for hydroxylation is 2. The van der Waals surface area contributed by atoms with Gasteiger partial charge in [-0.25, -0.2) is 0 Å². The number of amides is 1. The van der Waals surface area contributed by atoms with Crippen molar-refractivity contribution in [2.75, 3.05) is 32.7 Å². The molecule has 0 unspecified atom stereocenters. The zero-order chi connectivity index (χ0) is 23.5. The number of aromatic nitrogens is 2. The molecule has 0 bridgehead atoms. The van der Waals surface area contributed by atoms with Gasteiger partial charge in [-0.3, -0.25) is 9.69 Å². The van der Waals surface area contributed by atoms with Crippen molar-refractivity contribution >= 4 is 16.7 Å². The highest BCUT2D eigenvalue weighted by molar-refractivity contribution is 6.01. The first-order valence-corrected chi connectivity index (χ1v) is 11.7. The van der Waals surface area contributed by atoms with E-state index in [1.807, 2.05) is 53.4 Å². The van der Waals surface area contributed by atoms with Crippen LogP contribution in [0, 0.1) is 6.92 Å². The van der Waals surface area contributed by atoms with Gasteiger partial charge in [-0.15, -0.1) is 0 Å². The average molecular weight is 457 g/mol. The Morgan fingerprint density at radius 1 is 1.00 bits per heavy atom. The summed E-state index contributed by atoms with van der Waals surface area (Å²) in [7, 11) is 0. The van der Waals surface area contributed by atoms with E-state index in [1.54, 1.807) is 12.1 Å². The van der Waals surface area contributed by atoms with Crippen molar-refractivity contribution in [3.05, 3.63) is 77.7 Å². The Morgan fingerprint density at radius 3 is 2.44 bits per heavy atom. The largest absolute Gasteiger partial charge is 0.507 e. The monoisotopic (exact) mass is 456 g/mol. The van der Waals surface area contributed by atoms with Gasteiger partial charge in [0.2, 0.25) is 11.7 Å². The first-order chi connectivity index (χ1) is 16.6. The number of phenolic OH excluding ortho intramolecular Hbond substituents is 1. The summed E-state index contributed by atoms with van der Waals surface area (Å²) >= 11 is 0. The number of piperazine rings is 1. The Hall–Kier alpha value is -3.71. The van der Waals surface area contributed by atoms with Crippen LogP contribution in [0.1, 0.15) is 28.2 Å². The van der Waals surface area contributed by atoms with E-state index >= 15 is 0 Å². The molecule has 1 aliphatic heterocycles. The lowest BCUT2D eigenvalue weighted by atomic mass is 10.0. The van der Waals surface area contributed by atoms with Gasteiger partial charge in [-0.05, 0) is 42.8 Å². The molecule has 1 fully saturated rings. The van der Waals surface area contributed by atoms with Gasteiger partial charge in [0.15, 0.2) is 0 Å². The van der Waals surface area contributed by atoms with Crippen LogP contribution in [0.2, 0.25) is 0 Å². The third-order valence-corrected chi connectivity index (χ3v) is 6.40. The Morgan fingerprint density at radius 2 is 1.71 bits per heavy atom. The number of phenols is 1. The van der Waals surface area contributed by atoms with Gasteiger partial charge in [0, 0.05) is 38.2 Å². The molecule has 0 atom stereocenters. The smallest absolute Gasteiger partial charge is 0.257 e. The number of hydrogen-bond donors (Lipinski definition) is 1. The second kappa shape index (κ2) is 9.65. The number of carbonyl (C=O) groups is 1. The quantitative estimate of drug-likeness (QED) is 0.466. The number of rotatable bonds is 6. The summed E-state index contributed by atoms with van der Waals surface area (Å²) in [6.45, 7) is 5.85. The number of hydrogen-bond acceptors (Lipinski definition) is 6. The van der Waals surface area contributed by atoms with Crippen LogP contribution in [0.3, 0.4) is 0 Å². The number of nitrogens with zero attached hydrogens (tertiary/aromatic N) is 4. The Labute approximate surface area is 198 Å². The third kappa shape index (κ3) is 4.79. The predicted octanol–water partition coefficient (Wildman–Crippen LogP) is 4.29. The molecule has 1 amide bonds. The molecule has 0 saturated carbocycles. The van der Waals surface area contributed by atoms with Crippen LogP contribution in [0.15, 0.2) is 65.2 Å². The van der Waals surface area contributed by atoms with Crippen molar-refractivity contribution in [1.29, 1.82) is 0 Å². The summed E-state index contributed by atoms with van der Waals surface area (Å²) < 4.78 is 5.42. The van der Waals surface area contributed by atoms with Gasteiger partial charge in [0.05, 0.1) is 5.56 Å². The van der Waals surface area contributed by atoms with Gasteiger partial charge in [0.25, 0.3) is 5.91 Å². The minimum Gasteiger partial charge on any atom is -0.507 e. The van der Waals surface area contributed by atoms with E-state index in [9.17, 15) is 9.90 Å². The molecule has 5 rings (SSSR count). The SMILES string of the molecule is Cc1ccc(-c2noc(CCCN3CCN(C(=O)c4cc5ccccc5cc4O)CC3)n2)cc1. The normalized spacial score (nSPS) is 14.6. The Balaban J connectivity index is 1.11. The van der Waals surface area contributed by atoms with Crippen LogP contribution in [0.5, 0.6) is 5.75 Å². The highest BCUT2D eigenvalue weighted by Crippen LogP contribution is 2.26. The van der Waals surface area contributed by atoms with E-state index in [4.69, 9.17) is 4.52 Å². The zero-order valence-electron chi connectivity index (χ0n) is 19.3. The van der Waals surface area contributed by atoms with Gasteiger partial charge in [-0.2, -0.15) is 4.98 Å². The summed E-state index contributed by atoms with van der Waals surface area (Å²) in [5, 5.41) is 16.4. The maximum atomic E-state index is 13.0. The molecule has 34 heavy (non-hydrogen) atoms. The maximum Gasteiger partial charge on any atom is 0.257 e. The zero-order valence-corrected chi connectivity index (χ0v) is 19.3. The van der Waals surface area contributed by atoms with Crippen molar-refractivity contribution in [1.82, 2.24) is 19.9 Å². The van der Waals surface area contributed by atoms with E-state index in [-0.39, 0.29) is 11.7 Å². The highest BCUT2D eigenvalue weighted by Gasteiger charge is 2.24. The number of aromatic hydroxyl groups is 1. The van der Waals surface area contributed by atoms with Gasteiger partial charge < -0.3 is 14.5 Å². The standard InChI is InChI=1S/C27H28N4O3/c1-19-8-10-20(11-9-19)26-28-25(34-29-26)7-4-12-30-13-15-31(16-14-30)27(33)23-17-21-5-2-3-6-22(21)18-24(23)32/h2-3,5-6,8-11,17-18,32H,4,7,12-16H2,1H3. The fourth-order valence-electron chi connectivity index (χ4n) is 4.37. The van der Waals surface area contributed by atoms with Gasteiger partial charge in [0.1, 0.15) is 5.75 Å². The summed E-state index contributed by atoms with van der Waals surface area (Å²) in [5.74, 6) is 1.20. The molecule has 2 heterocycles. The van der Waals surface area contributed by atoms with Crippen molar-refractivity contribution in [3.63, 3.8) is 0 Å². The van der Waals surface area contributed by atoms with Crippen LogP contribution >= 0.6 is 0 Å². The van der Waals surface area contributed by atoms with Crippen LogP contribution in [-0.2, 0) is 6.42 Å². The minimum absolute atomic E-state index is 0.0377. The Kier molecular flexibility index (Phi) is 6.27. The van der Waals surface area contributed by atoms with E-state index in [1.165, 1.54) is 5.56 Å². The number of benzene rings is 3. The second-order valence-corrected chi connectivity index (χ2v) is 8.83. The molecule has 7 nitrogen and oxygen atoms in total. The molecule has 0 aliphatic carbocycles. The van der Waals surface area contributed by atoms with Crippen LogP contribution in [-0.4, -0.2) is 63.7 Å². The topological polar surface area (TPSA) is 82.7 Å². The Bertz CT molecular complexity index is 1290. The van der Waals surface area contributed by atoms with Gasteiger partial charge in [-0.1, -0.05) is 59.3 Å². The second-order valence-electron chi connectivity index (χ2n) is 8.83. The average Bonchev–Trinajstić information content (AvgIpc) is 3.33. The molecular weight excluding hydrogens is 428 g/mol. The van der Waals surface area contributed by atoms with Crippen LogP contribution in [0.4, 0.5) is 0 Å². The minimum atomic E-state index is -0.114. The molecule has 4 aromatic rings. The lowest BCUT2D eigenvalue weighted by Crippen LogP contribution is -2.48. The van der Waals surface area contributed by atoms with Crippen LogP contribution < -0.4 is 0 Å². The van der Waals surface area contributed by atoms with E-state index in [2.05, 4.69) is 22.0 Å². The first kappa shape index (κ1) is 22.1. The van der Waals surface area contributed by atoms with Crippen molar-refractivity contribution < 1.29 is 14.4 Å². The lowest BCUT2D eigenvalue weighted by Gasteiger charge is -2.34. The lowest BCUT2D eigenvalue weighted by molar-refractivity contribution is 0.0633. The molecule has 1 aliphatic rings. The molecule has 3 aromatic carbocycles. The fraction of sp³-hybridized carbons (Fsp3) is 0.296. The third-order valence-electron chi connectivity index (χ3n) is 6.40. The molecule has 1 saturated heterocycles. The van der Waals surface area contributed by atoms with Crippen LogP contribution in [0.25, 0.3) is 22.2 Å². The van der Waals surface area contributed by atoms with Crippen molar-refractivity contribution in [3.8, 4) is 17.1 Å². The highest BCUT2D eigenvalue weighted by atomic mass is 16.5. The summed E-state index contributed by atoms with van der Waals surface area (Å²) in [6.07, 6.45) is 1.64. The molecule has 0 spiro atoms. The molecular formula is C27H28N4O3. The first-order valence-electron chi connectivity index (χ1n) is 11.7. The predicted molar refractivity (Wildman–Crippen MR) is 131 cm³/mol. The molecule has 7 heteroatoms.